The summed E-state index contributed by atoms with van der Waals surface area (Å²) in [6.07, 6.45) is 2.25. The van der Waals surface area contributed by atoms with E-state index < -0.39 is 11.8 Å². The van der Waals surface area contributed by atoms with Crippen LogP contribution < -0.4 is 10.6 Å². The SMILES string of the molecule is CCN1CCC[C@@H]1CNC(=O)C(=O)NC[C@@H](C)c1ccccc1. The van der Waals surface area contributed by atoms with Gasteiger partial charge in [0, 0.05) is 19.1 Å². The topological polar surface area (TPSA) is 61.4 Å². The number of nitrogens with one attached hydrogen (secondary N) is 2. The van der Waals surface area contributed by atoms with Crippen LogP contribution in [0.2, 0.25) is 0 Å². The van der Waals surface area contributed by atoms with E-state index in [9.17, 15) is 9.59 Å². The average molecular weight is 317 g/mol. The van der Waals surface area contributed by atoms with Gasteiger partial charge in [0.05, 0.1) is 0 Å². The molecule has 126 valence electrons. The molecule has 2 atom stereocenters. The number of benzene rings is 1. The van der Waals surface area contributed by atoms with Crippen LogP contribution in [0.25, 0.3) is 0 Å². The van der Waals surface area contributed by atoms with Crippen molar-refractivity contribution < 1.29 is 9.59 Å². The molecule has 1 heterocycles. The molecular formula is C18H27N3O2. The van der Waals surface area contributed by atoms with Crippen LogP contribution in [0.5, 0.6) is 0 Å². The molecule has 0 aromatic heterocycles. The zero-order valence-electron chi connectivity index (χ0n) is 14.0. The van der Waals surface area contributed by atoms with Crippen molar-refractivity contribution in [2.24, 2.45) is 0 Å². The first-order valence-electron chi connectivity index (χ1n) is 8.46. The summed E-state index contributed by atoms with van der Waals surface area (Å²) < 4.78 is 0. The minimum absolute atomic E-state index is 0.179. The first-order chi connectivity index (χ1) is 11.1. The van der Waals surface area contributed by atoms with E-state index in [1.54, 1.807) is 0 Å². The Morgan fingerprint density at radius 1 is 1.22 bits per heavy atom. The molecule has 1 aromatic carbocycles. The predicted molar refractivity (Wildman–Crippen MR) is 91.1 cm³/mol. The van der Waals surface area contributed by atoms with Gasteiger partial charge >= 0.3 is 11.8 Å². The summed E-state index contributed by atoms with van der Waals surface area (Å²) in [5.74, 6) is -0.902. The molecule has 0 unspecified atom stereocenters. The van der Waals surface area contributed by atoms with Gasteiger partial charge in [-0.3, -0.25) is 14.5 Å². The Kier molecular flexibility index (Phi) is 6.59. The number of carbonyl (C=O) groups excluding carboxylic acids is 2. The minimum atomic E-state index is -0.547. The number of nitrogens with zero attached hydrogens (tertiary/aromatic N) is 1. The number of likely N-dealkylation sites (tertiary alicyclic amines) is 1. The van der Waals surface area contributed by atoms with E-state index in [0.29, 0.717) is 19.1 Å². The molecule has 23 heavy (non-hydrogen) atoms. The molecule has 1 saturated heterocycles. The highest BCUT2D eigenvalue weighted by atomic mass is 16.2. The van der Waals surface area contributed by atoms with Gasteiger partial charge in [0.15, 0.2) is 0 Å². The Labute approximate surface area is 138 Å². The van der Waals surface area contributed by atoms with Crippen LogP contribution in [0.4, 0.5) is 0 Å². The van der Waals surface area contributed by atoms with Crippen LogP contribution in [0.15, 0.2) is 30.3 Å². The number of likely N-dealkylation sites (N-methyl/N-ethyl adjacent to an activating group) is 1. The molecule has 0 bridgehead atoms. The third-order valence-corrected chi connectivity index (χ3v) is 4.55. The lowest BCUT2D eigenvalue weighted by molar-refractivity contribution is -0.139. The third-order valence-electron chi connectivity index (χ3n) is 4.55. The first kappa shape index (κ1) is 17.5. The van der Waals surface area contributed by atoms with Crippen molar-refractivity contribution in [3.63, 3.8) is 0 Å². The van der Waals surface area contributed by atoms with Crippen molar-refractivity contribution in [1.82, 2.24) is 15.5 Å². The highest BCUT2D eigenvalue weighted by molar-refractivity contribution is 6.35. The van der Waals surface area contributed by atoms with E-state index in [1.165, 1.54) is 0 Å². The maximum Gasteiger partial charge on any atom is 0.309 e. The quantitative estimate of drug-likeness (QED) is 0.782. The number of hydrogen-bond acceptors (Lipinski definition) is 3. The summed E-state index contributed by atoms with van der Waals surface area (Å²) in [5, 5.41) is 5.48. The molecular weight excluding hydrogens is 290 g/mol. The van der Waals surface area contributed by atoms with Gasteiger partial charge in [0.2, 0.25) is 0 Å². The first-order valence-corrected chi connectivity index (χ1v) is 8.46. The van der Waals surface area contributed by atoms with E-state index >= 15 is 0 Å². The molecule has 1 aromatic rings. The lowest BCUT2D eigenvalue weighted by atomic mass is 10.0. The smallest absolute Gasteiger partial charge is 0.309 e. The highest BCUT2D eigenvalue weighted by Gasteiger charge is 2.24. The maximum atomic E-state index is 11.9. The number of rotatable bonds is 6. The van der Waals surface area contributed by atoms with Crippen molar-refractivity contribution in [3.8, 4) is 0 Å². The Morgan fingerprint density at radius 3 is 2.61 bits per heavy atom. The lowest BCUT2D eigenvalue weighted by Crippen LogP contribution is -2.46. The Hall–Kier alpha value is -1.88. The second-order valence-corrected chi connectivity index (χ2v) is 6.16. The molecule has 0 radical (unpaired) electrons. The van der Waals surface area contributed by atoms with Gasteiger partial charge in [0.1, 0.15) is 0 Å². The maximum absolute atomic E-state index is 11.9. The van der Waals surface area contributed by atoms with Crippen LogP contribution in [0, 0.1) is 0 Å². The van der Waals surface area contributed by atoms with Crippen LogP contribution in [-0.4, -0.2) is 48.9 Å². The van der Waals surface area contributed by atoms with Gasteiger partial charge in [-0.1, -0.05) is 44.2 Å². The van der Waals surface area contributed by atoms with Crippen LogP contribution in [0.3, 0.4) is 0 Å². The molecule has 1 aliphatic rings. The molecule has 0 saturated carbocycles. The normalized spacial score (nSPS) is 19.3. The van der Waals surface area contributed by atoms with Gasteiger partial charge < -0.3 is 10.6 Å². The van der Waals surface area contributed by atoms with Crippen LogP contribution in [0.1, 0.15) is 38.2 Å². The van der Waals surface area contributed by atoms with Crippen molar-refractivity contribution in [1.29, 1.82) is 0 Å². The second-order valence-electron chi connectivity index (χ2n) is 6.16. The van der Waals surface area contributed by atoms with E-state index in [1.807, 2.05) is 37.3 Å². The number of amides is 2. The molecule has 5 nitrogen and oxygen atoms in total. The summed E-state index contributed by atoms with van der Waals surface area (Å²) in [6, 6.07) is 10.3. The van der Waals surface area contributed by atoms with E-state index in [0.717, 1.165) is 31.5 Å². The van der Waals surface area contributed by atoms with Gasteiger partial charge in [-0.25, -0.2) is 0 Å². The number of hydrogen-bond donors (Lipinski definition) is 2. The predicted octanol–water partition coefficient (Wildman–Crippen LogP) is 1.51. The van der Waals surface area contributed by atoms with Gasteiger partial charge in [-0.2, -0.15) is 0 Å². The molecule has 2 N–H and O–H groups in total. The largest absolute Gasteiger partial charge is 0.347 e. The summed E-state index contributed by atoms with van der Waals surface area (Å²) in [5.41, 5.74) is 1.15. The summed E-state index contributed by atoms with van der Waals surface area (Å²) in [7, 11) is 0. The fraction of sp³-hybridized carbons (Fsp3) is 0.556. The average Bonchev–Trinajstić information content (AvgIpc) is 3.05. The fourth-order valence-electron chi connectivity index (χ4n) is 3.06. The van der Waals surface area contributed by atoms with Crippen molar-refractivity contribution >= 4 is 11.8 Å². The summed E-state index contributed by atoms with van der Waals surface area (Å²) in [6.45, 7) is 7.23. The highest BCUT2D eigenvalue weighted by Crippen LogP contribution is 2.15. The minimum Gasteiger partial charge on any atom is -0.347 e. The van der Waals surface area contributed by atoms with E-state index in [4.69, 9.17) is 0 Å². The number of carbonyl (C=O) groups is 2. The molecule has 0 aliphatic carbocycles. The summed E-state index contributed by atoms with van der Waals surface area (Å²) >= 11 is 0. The second kappa shape index (κ2) is 8.67. The zero-order chi connectivity index (χ0) is 16.7. The fourth-order valence-corrected chi connectivity index (χ4v) is 3.06. The summed E-state index contributed by atoms with van der Waals surface area (Å²) in [4.78, 5) is 26.1. The molecule has 2 rings (SSSR count). The van der Waals surface area contributed by atoms with Gasteiger partial charge in [0.25, 0.3) is 0 Å². The van der Waals surface area contributed by atoms with Crippen molar-refractivity contribution in [2.45, 2.75) is 38.6 Å². The Morgan fingerprint density at radius 2 is 1.91 bits per heavy atom. The van der Waals surface area contributed by atoms with Gasteiger partial charge in [-0.05, 0) is 37.4 Å². The van der Waals surface area contributed by atoms with Crippen molar-refractivity contribution in [2.75, 3.05) is 26.2 Å². The third kappa shape index (κ3) is 5.06. The Balaban J connectivity index is 1.71. The van der Waals surface area contributed by atoms with Crippen LogP contribution in [-0.2, 0) is 9.59 Å². The molecule has 1 fully saturated rings. The zero-order valence-corrected chi connectivity index (χ0v) is 14.0. The van der Waals surface area contributed by atoms with Gasteiger partial charge in [-0.15, -0.1) is 0 Å². The molecule has 1 aliphatic heterocycles. The molecule has 5 heteroatoms. The van der Waals surface area contributed by atoms with E-state index in [2.05, 4.69) is 22.5 Å². The van der Waals surface area contributed by atoms with Crippen molar-refractivity contribution in [3.05, 3.63) is 35.9 Å². The Bertz CT molecular complexity index is 518. The van der Waals surface area contributed by atoms with Crippen LogP contribution >= 0.6 is 0 Å². The van der Waals surface area contributed by atoms with E-state index in [-0.39, 0.29) is 5.92 Å². The molecule has 0 spiro atoms. The lowest BCUT2D eigenvalue weighted by Gasteiger charge is -2.22. The standard InChI is InChI=1S/C18H27N3O2/c1-3-21-11-7-10-16(21)13-20-18(23)17(22)19-12-14(2)15-8-5-4-6-9-15/h4-6,8-9,14,16H,3,7,10-13H2,1-2H3,(H,19,22)(H,20,23)/t14-,16-/m1/s1. The monoisotopic (exact) mass is 317 g/mol. The molecule has 2 amide bonds.